The van der Waals surface area contributed by atoms with E-state index in [0.717, 1.165) is 18.8 Å². The van der Waals surface area contributed by atoms with Crippen molar-refractivity contribution in [2.45, 2.75) is 12.7 Å². The van der Waals surface area contributed by atoms with Crippen LogP contribution in [0.2, 0.25) is 0 Å². The van der Waals surface area contributed by atoms with Gasteiger partial charge in [0.2, 0.25) is 0 Å². The molecule has 0 atom stereocenters. The summed E-state index contributed by atoms with van der Waals surface area (Å²) in [7, 11) is 1.70. The molecule has 0 unspecified atom stereocenters. The van der Waals surface area contributed by atoms with E-state index in [1.54, 1.807) is 7.11 Å². The molecule has 0 aromatic heterocycles. The summed E-state index contributed by atoms with van der Waals surface area (Å²) in [5.41, 5.74) is 1.17. The van der Waals surface area contributed by atoms with E-state index < -0.39 is 0 Å². The molecule has 2 rings (SSSR count). The Kier molecular flexibility index (Phi) is 3.01. The normalized spacial score (nSPS) is 16.4. The van der Waals surface area contributed by atoms with Crippen LogP contribution in [0.5, 0.6) is 5.75 Å². The molecule has 1 N–H and O–H groups in total. The first-order chi connectivity index (χ1) is 6.88. The van der Waals surface area contributed by atoms with E-state index in [2.05, 4.69) is 5.32 Å². The van der Waals surface area contributed by atoms with Crippen LogP contribution in [0.4, 0.5) is 0 Å². The zero-order chi connectivity index (χ0) is 9.80. The molecule has 1 aromatic carbocycles. The van der Waals surface area contributed by atoms with Gasteiger partial charge in [0, 0.05) is 20.2 Å². The fraction of sp³-hybridized carbons (Fsp3) is 0.455. The molecule has 1 aliphatic heterocycles. The number of hydrogen-bond donors (Lipinski definition) is 1. The Labute approximate surface area is 84.0 Å². The second kappa shape index (κ2) is 4.44. The van der Waals surface area contributed by atoms with Gasteiger partial charge in [-0.1, -0.05) is 12.1 Å². The van der Waals surface area contributed by atoms with Crippen molar-refractivity contribution < 1.29 is 9.47 Å². The summed E-state index contributed by atoms with van der Waals surface area (Å²) in [5, 5.41) is 3.17. The van der Waals surface area contributed by atoms with Crippen molar-refractivity contribution in [3.05, 3.63) is 29.8 Å². The minimum Gasteiger partial charge on any atom is -0.488 e. The molecule has 0 aliphatic carbocycles. The fourth-order valence-corrected chi connectivity index (χ4v) is 1.37. The molecule has 76 valence electrons. The predicted molar refractivity (Wildman–Crippen MR) is 54.4 cm³/mol. The Morgan fingerprint density at radius 3 is 2.50 bits per heavy atom. The topological polar surface area (TPSA) is 30.5 Å². The zero-order valence-corrected chi connectivity index (χ0v) is 8.32. The average molecular weight is 193 g/mol. The van der Waals surface area contributed by atoms with Crippen molar-refractivity contribution >= 4 is 0 Å². The van der Waals surface area contributed by atoms with Crippen LogP contribution in [0.1, 0.15) is 5.56 Å². The Morgan fingerprint density at radius 2 is 2.00 bits per heavy atom. The summed E-state index contributed by atoms with van der Waals surface area (Å²) in [6.07, 6.45) is 0.350. The maximum atomic E-state index is 5.68. The molecule has 0 amide bonds. The van der Waals surface area contributed by atoms with Gasteiger partial charge in [0.05, 0.1) is 6.61 Å². The highest BCUT2D eigenvalue weighted by molar-refractivity contribution is 5.27. The first kappa shape index (κ1) is 9.49. The third kappa shape index (κ3) is 2.25. The van der Waals surface area contributed by atoms with Gasteiger partial charge in [0.1, 0.15) is 11.9 Å². The number of methoxy groups -OCH3 is 1. The summed E-state index contributed by atoms with van der Waals surface area (Å²) in [6.45, 7) is 2.57. The predicted octanol–water partition coefficient (Wildman–Crippen LogP) is 1.18. The van der Waals surface area contributed by atoms with Gasteiger partial charge >= 0.3 is 0 Å². The third-order valence-corrected chi connectivity index (χ3v) is 2.28. The second-order valence-corrected chi connectivity index (χ2v) is 3.48. The third-order valence-electron chi connectivity index (χ3n) is 2.28. The van der Waals surface area contributed by atoms with E-state index in [0.29, 0.717) is 12.7 Å². The summed E-state index contributed by atoms with van der Waals surface area (Å²) >= 11 is 0. The van der Waals surface area contributed by atoms with Crippen LogP contribution < -0.4 is 10.1 Å². The fourth-order valence-electron chi connectivity index (χ4n) is 1.37. The van der Waals surface area contributed by atoms with Crippen LogP contribution in [0.25, 0.3) is 0 Å². The summed E-state index contributed by atoms with van der Waals surface area (Å²) in [5.74, 6) is 0.941. The molecule has 3 heteroatoms. The van der Waals surface area contributed by atoms with Crippen molar-refractivity contribution in [3.63, 3.8) is 0 Å². The summed E-state index contributed by atoms with van der Waals surface area (Å²) in [4.78, 5) is 0. The average Bonchev–Trinajstić information content (AvgIpc) is 2.14. The standard InChI is InChI=1S/C11H15NO2/c1-13-8-9-2-4-10(5-3-9)14-11-6-12-7-11/h2-5,11-12H,6-8H2,1H3. The van der Waals surface area contributed by atoms with Crippen molar-refractivity contribution in [1.82, 2.24) is 5.32 Å². The lowest BCUT2D eigenvalue weighted by molar-refractivity contribution is 0.142. The minimum atomic E-state index is 0.350. The van der Waals surface area contributed by atoms with Gasteiger partial charge in [-0.3, -0.25) is 0 Å². The number of benzene rings is 1. The first-order valence-electron chi connectivity index (χ1n) is 4.84. The highest BCUT2D eigenvalue weighted by Gasteiger charge is 2.17. The molecule has 14 heavy (non-hydrogen) atoms. The van der Waals surface area contributed by atoms with Crippen LogP contribution >= 0.6 is 0 Å². The molecular weight excluding hydrogens is 178 g/mol. The molecule has 1 aliphatic rings. The Bertz CT molecular complexity index is 280. The Morgan fingerprint density at radius 1 is 1.29 bits per heavy atom. The van der Waals surface area contributed by atoms with Gasteiger partial charge in [-0.05, 0) is 17.7 Å². The van der Waals surface area contributed by atoms with E-state index in [9.17, 15) is 0 Å². The van der Waals surface area contributed by atoms with Gasteiger partial charge in [-0.25, -0.2) is 0 Å². The van der Waals surface area contributed by atoms with Crippen molar-refractivity contribution in [3.8, 4) is 5.75 Å². The molecule has 0 radical (unpaired) electrons. The maximum Gasteiger partial charge on any atom is 0.123 e. The lowest BCUT2D eigenvalue weighted by Gasteiger charge is -2.27. The van der Waals surface area contributed by atoms with Crippen LogP contribution in [-0.4, -0.2) is 26.3 Å². The van der Waals surface area contributed by atoms with Gasteiger partial charge in [-0.2, -0.15) is 0 Å². The zero-order valence-electron chi connectivity index (χ0n) is 8.32. The summed E-state index contributed by atoms with van der Waals surface area (Å²) < 4.78 is 10.7. The Balaban J connectivity index is 1.91. The van der Waals surface area contributed by atoms with Gasteiger partial charge < -0.3 is 14.8 Å². The monoisotopic (exact) mass is 193 g/mol. The van der Waals surface area contributed by atoms with Gasteiger partial charge in [0.15, 0.2) is 0 Å². The van der Waals surface area contributed by atoms with Crippen LogP contribution in [-0.2, 0) is 11.3 Å². The minimum absolute atomic E-state index is 0.350. The number of hydrogen-bond acceptors (Lipinski definition) is 3. The quantitative estimate of drug-likeness (QED) is 0.779. The first-order valence-corrected chi connectivity index (χ1v) is 4.84. The van der Waals surface area contributed by atoms with Gasteiger partial charge in [0.25, 0.3) is 0 Å². The molecular formula is C11H15NO2. The molecule has 0 saturated carbocycles. The highest BCUT2D eigenvalue weighted by Crippen LogP contribution is 2.15. The molecule has 1 saturated heterocycles. The van der Waals surface area contributed by atoms with E-state index in [1.165, 1.54) is 5.56 Å². The van der Waals surface area contributed by atoms with Gasteiger partial charge in [-0.15, -0.1) is 0 Å². The van der Waals surface area contributed by atoms with Crippen molar-refractivity contribution in [1.29, 1.82) is 0 Å². The summed E-state index contributed by atoms with van der Waals surface area (Å²) in [6, 6.07) is 8.05. The lowest BCUT2D eigenvalue weighted by Crippen LogP contribution is -2.50. The molecule has 1 heterocycles. The molecule has 0 spiro atoms. The molecule has 1 fully saturated rings. The van der Waals surface area contributed by atoms with E-state index in [4.69, 9.17) is 9.47 Å². The largest absolute Gasteiger partial charge is 0.488 e. The number of rotatable bonds is 4. The van der Waals surface area contributed by atoms with Crippen LogP contribution in [0, 0.1) is 0 Å². The number of nitrogens with one attached hydrogen (secondary N) is 1. The van der Waals surface area contributed by atoms with Crippen LogP contribution in [0.15, 0.2) is 24.3 Å². The maximum absolute atomic E-state index is 5.68. The highest BCUT2D eigenvalue weighted by atomic mass is 16.5. The van der Waals surface area contributed by atoms with Crippen molar-refractivity contribution in [2.24, 2.45) is 0 Å². The van der Waals surface area contributed by atoms with Crippen LogP contribution in [0.3, 0.4) is 0 Å². The second-order valence-electron chi connectivity index (χ2n) is 3.48. The van der Waals surface area contributed by atoms with E-state index in [-0.39, 0.29) is 0 Å². The smallest absolute Gasteiger partial charge is 0.123 e. The van der Waals surface area contributed by atoms with Crippen molar-refractivity contribution in [2.75, 3.05) is 20.2 Å². The molecule has 3 nitrogen and oxygen atoms in total. The molecule has 1 aromatic rings. The Hall–Kier alpha value is -1.06. The lowest BCUT2D eigenvalue weighted by atomic mass is 10.2. The van der Waals surface area contributed by atoms with E-state index in [1.807, 2.05) is 24.3 Å². The van der Waals surface area contributed by atoms with E-state index >= 15 is 0 Å². The molecule has 0 bridgehead atoms. The number of ether oxygens (including phenoxy) is 2. The SMILES string of the molecule is COCc1ccc(OC2CNC2)cc1.